The lowest BCUT2D eigenvalue weighted by Gasteiger charge is -2.21. The van der Waals surface area contributed by atoms with Crippen LogP contribution in [-0.4, -0.2) is 25.4 Å². The molecule has 162 valence electrons. The Bertz CT molecular complexity index is 1210. The molecule has 2 N–H and O–H groups in total. The van der Waals surface area contributed by atoms with Gasteiger partial charge in [0.25, 0.3) is 5.91 Å². The zero-order valence-corrected chi connectivity index (χ0v) is 19.3. The molecular formula is C21H18Cl4N4O2. The van der Waals surface area contributed by atoms with E-state index in [1.807, 2.05) is 35.9 Å². The Balaban J connectivity index is 0.00000171. The molecule has 0 aliphatic heterocycles. The number of carbonyl (C=O) groups excluding carboxylic acids is 1. The lowest BCUT2D eigenvalue weighted by molar-refractivity contribution is 0.0943. The molecule has 0 saturated heterocycles. The third-order valence-corrected chi connectivity index (χ3v) is 5.18. The normalized spacial score (nSPS) is 11.3. The second-order valence-corrected chi connectivity index (χ2v) is 7.33. The van der Waals surface area contributed by atoms with Crippen molar-refractivity contribution in [3.63, 3.8) is 0 Å². The van der Waals surface area contributed by atoms with Crippen LogP contribution in [0.1, 0.15) is 33.2 Å². The minimum Gasteiger partial charge on any atom is -0.506 e. The largest absolute Gasteiger partial charge is 0.506 e. The van der Waals surface area contributed by atoms with Crippen LogP contribution in [0.4, 0.5) is 0 Å². The zero-order valence-electron chi connectivity index (χ0n) is 16.1. The molecule has 1 unspecified atom stereocenters. The highest BCUT2D eigenvalue weighted by molar-refractivity contribution is 6.39. The predicted molar refractivity (Wildman–Crippen MR) is 126 cm³/mol. The lowest BCUT2D eigenvalue weighted by Crippen LogP contribution is -2.30. The van der Waals surface area contributed by atoms with E-state index in [1.54, 1.807) is 30.5 Å². The lowest BCUT2D eigenvalue weighted by atomic mass is 9.99. The Hall–Kier alpha value is -2.51. The minimum atomic E-state index is -0.705. The first-order valence-electron chi connectivity index (χ1n) is 8.77. The van der Waals surface area contributed by atoms with E-state index in [-0.39, 0.29) is 46.2 Å². The summed E-state index contributed by atoms with van der Waals surface area (Å²) in [6, 6.07) is 9.50. The maximum absolute atomic E-state index is 13.1. The van der Waals surface area contributed by atoms with Crippen LogP contribution >= 0.6 is 48.0 Å². The van der Waals surface area contributed by atoms with Crippen LogP contribution in [0.15, 0.2) is 61.2 Å². The van der Waals surface area contributed by atoms with Gasteiger partial charge in [0.05, 0.1) is 33.5 Å². The molecule has 0 saturated carbocycles. The molecule has 4 rings (SSSR count). The number of hydrogen-bond donors (Lipinski definition) is 2. The van der Waals surface area contributed by atoms with Crippen molar-refractivity contribution in [3.8, 4) is 5.75 Å². The highest BCUT2D eigenvalue weighted by Crippen LogP contribution is 2.32. The molecule has 3 heterocycles. The molecule has 10 heteroatoms. The number of imidazole rings is 1. The maximum atomic E-state index is 13.1. The smallest absolute Gasteiger partial charge is 0.255 e. The molecule has 1 amide bonds. The molecule has 31 heavy (non-hydrogen) atoms. The molecule has 0 spiro atoms. The summed E-state index contributed by atoms with van der Waals surface area (Å²) < 4.78 is 1.87. The van der Waals surface area contributed by atoms with E-state index in [0.717, 1.165) is 5.69 Å². The summed E-state index contributed by atoms with van der Waals surface area (Å²) in [5.74, 6) is -0.513. The molecule has 3 aromatic heterocycles. The molecule has 0 aliphatic carbocycles. The number of fused-ring (bicyclic) bond motifs is 1. The molecule has 1 atom stereocenters. The SMILES string of the molecule is Cc1cn2cccc(C(NC(=O)c3c(Cl)cccc3Cl)c3ccncc3O)c2n1.Cl.Cl. The molecule has 0 aliphatic rings. The van der Waals surface area contributed by atoms with Gasteiger partial charge in [-0.25, -0.2) is 4.98 Å². The van der Waals surface area contributed by atoms with Gasteiger partial charge in [-0.15, -0.1) is 24.8 Å². The number of aromatic nitrogens is 3. The molecule has 1 aromatic carbocycles. The van der Waals surface area contributed by atoms with Crippen molar-refractivity contribution in [3.05, 3.63) is 93.6 Å². The van der Waals surface area contributed by atoms with Crippen molar-refractivity contribution in [2.24, 2.45) is 0 Å². The zero-order chi connectivity index (χ0) is 20.5. The van der Waals surface area contributed by atoms with Gasteiger partial charge in [-0.2, -0.15) is 0 Å². The summed E-state index contributed by atoms with van der Waals surface area (Å²) in [7, 11) is 0. The maximum Gasteiger partial charge on any atom is 0.255 e. The third-order valence-electron chi connectivity index (χ3n) is 4.55. The first-order valence-corrected chi connectivity index (χ1v) is 9.53. The van der Waals surface area contributed by atoms with Crippen LogP contribution in [0.3, 0.4) is 0 Å². The Morgan fingerprint density at radius 1 is 1.10 bits per heavy atom. The summed E-state index contributed by atoms with van der Waals surface area (Å²) in [5, 5.41) is 13.8. The highest BCUT2D eigenvalue weighted by Gasteiger charge is 2.25. The molecule has 4 aromatic rings. The van der Waals surface area contributed by atoms with E-state index in [0.29, 0.717) is 16.8 Å². The molecule has 6 nitrogen and oxygen atoms in total. The van der Waals surface area contributed by atoms with Gasteiger partial charge >= 0.3 is 0 Å². The summed E-state index contributed by atoms with van der Waals surface area (Å²) in [4.78, 5) is 21.6. The van der Waals surface area contributed by atoms with Gasteiger partial charge in [0.15, 0.2) is 0 Å². The quantitative estimate of drug-likeness (QED) is 0.393. The van der Waals surface area contributed by atoms with Crippen molar-refractivity contribution in [1.82, 2.24) is 19.7 Å². The Labute approximate surface area is 201 Å². The van der Waals surface area contributed by atoms with Crippen molar-refractivity contribution in [2.75, 3.05) is 0 Å². The number of aromatic hydroxyl groups is 1. The molecular weight excluding hydrogens is 482 g/mol. The number of halogens is 4. The first kappa shape index (κ1) is 24.8. The number of nitrogens with zero attached hydrogens (tertiary/aromatic N) is 3. The monoisotopic (exact) mass is 498 g/mol. The summed E-state index contributed by atoms with van der Waals surface area (Å²) in [6.07, 6.45) is 6.63. The molecule has 0 fully saturated rings. The van der Waals surface area contributed by atoms with Gasteiger partial charge in [-0.05, 0) is 31.2 Å². The number of nitrogens with one attached hydrogen (secondary N) is 1. The van der Waals surface area contributed by atoms with Gasteiger partial charge in [0, 0.05) is 29.7 Å². The predicted octanol–water partition coefficient (Wildman–Crippen LogP) is 5.41. The second kappa shape index (κ2) is 10.2. The fourth-order valence-corrected chi connectivity index (χ4v) is 3.83. The fraction of sp³-hybridized carbons (Fsp3) is 0.0952. The second-order valence-electron chi connectivity index (χ2n) is 6.51. The van der Waals surface area contributed by atoms with Crippen molar-refractivity contribution in [2.45, 2.75) is 13.0 Å². The fourth-order valence-electron chi connectivity index (χ4n) is 3.26. The van der Waals surface area contributed by atoms with Crippen molar-refractivity contribution >= 4 is 59.6 Å². The summed E-state index contributed by atoms with van der Waals surface area (Å²) >= 11 is 12.4. The van der Waals surface area contributed by atoms with Gasteiger partial charge in [-0.3, -0.25) is 9.78 Å². The van der Waals surface area contributed by atoms with Gasteiger partial charge < -0.3 is 14.8 Å². The van der Waals surface area contributed by atoms with E-state index in [9.17, 15) is 9.90 Å². The number of benzene rings is 1. The van der Waals surface area contributed by atoms with Crippen LogP contribution in [0.2, 0.25) is 10.0 Å². The van der Waals surface area contributed by atoms with E-state index in [1.165, 1.54) is 6.20 Å². The van der Waals surface area contributed by atoms with Crippen LogP contribution in [0, 0.1) is 6.92 Å². The number of amides is 1. The summed E-state index contributed by atoms with van der Waals surface area (Å²) in [5.41, 5.74) is 2.84. The average Bonchev–Trinajstić information content (AvgIpc) is 3.07. The highest BCUT2D eigenvalue weighted by atomic mass is 35.5. The van der Waals surface area contributed by atoms with Crippen LogP contribution in [-0.2, 0) is 0 Å². The number of carbonyl (C=O) groups is 1. The topological polar surface area (TPSA) is 79.5 Å². The number of aryl methyl sites for hydroxylation is 1. The van der Waals surface area contributed by atoms with E-state index in [4.69, 9.17) is 23.2 Å². The number of hydrogen-bond acceptors (Lipinski definition) is 4. The Kier molecular flexibility index (Phi) is 8.14. The van der Waals surface area contributed by atoms with Crippen molar-refractivity contribution in [1.29, 1.82) is 0 Å². The minimum absolute atomic E-state index is 0. The van der Waals surface area contributed by atoms with Gasteiger partial charge in [-0.1, -0.05) is 35.3 Å². The van der Waals surface area contributed by atoms with Gasteiger partial charge in [0.1, 0.15) is 11.4 Å². The number of rotatable bonds is 4. The Morgan fingerprint density at radius 2 is 1.81 bits per heavy atom. The van der Waals surface area contributed by atoms with Gasteiger partial charge in [0.2, 0.25) is 0 Å². The summed E-state index contributed by atoms with van der Waals surface area (Å²) in [6.45, 7) is 1.89. The standard InChI is InChI=1S/C21H16Cl2N4O2.2ClH/c1-12-11-27-9-3-4-14(20(27)25-12)19(13-7-8-24-10-17(13)28)26-21(29)18-15(22)5-2-6-16(18)23;;/h2-11,19,28H,1H3,(H,26,29);2*1H. The van der Waals surface area contributed by atoms with Crippen LogP contribution in [0.5, 0.6) is 5.75 Å². The van der Waals surface area contributed by atoms with Crippen LogP contribution in [0.25, 0.3) is 5.65 Å². The van der Waals surface area contributed by atoms with E-state index >= 15 is 0 Å². The Morgan fingerprint density at radius 3 is 2.48 bits per heavy atom. The third kappa shape index (κ3) is 4.88. The van der Waals surface area contributed by atoms with E-state index < -0.39 is 11.9 Å². The molecule has 0 bridgehead atoms. The van der Waals surface area contributed by atoms with Crippen LogP contribution < -0.4 is 5.32 Å². The van der Waals surface area contributed by atoms with Crippen molar-refractivity contribution < 1.29 is 9.90 Å². The first-order chi connectivity index (χ1) is 14.0. The average molecular weight is 500 g/mol. The number of pyridine rings is 2. The van der Waals surface area contributed by atoms with E-state index in [2.05, 4.69) is 15.3 Å². The molecule has 0 radical (unpaired) electrons.